The Balaban J connectivity index is 1.92. The summed E-state index contributed by atoms with van der Waals surface area (Å²) in [4.78, 5) is 24.8. The number of alkyl halides is 7. The zero-order valence-electron chi connectivity index (χ0n) is 19.0. The Labute approximate surface area is 227 Å². The monoisotopic (exact) mass is 604 g/mol. The van der Waals surface area contributed by atoms with Gasteiger partial charge in [-0.1, -0.05) is 53.0 Å². The zero-order valence-corrected chi connectivity index (χ0v) is 21.3. The lowest BCUT2D eigenvalue weighted by atomic mass is 9.96. The molecule has 3 rings (SSSR count). The third kappa shape index (κ3) is 6.92. The van der Waals surface area contributed by atoms with Gasteiger partial charge in [0.15, 0.2) is 0 Å². The molecule has 206 valence electrons. The van der Waals surface area contributed by atoms with E-state index in [-0.39, 0.29) is 45.6 Å². The van der Waals surface area contributed by atoms with Crippen LogP contribution in [-0.4, -0.2) is 36.7 Å². The molecule has 0 heterocycles. The summed E-state index contributed by atoms with van der Waals surface area (Å²) in [5, 5.41) is 3.86. The Bertz CT molecular complexity index is 1240. The molecule has 1 fully saturated rings. The zero-order chi connectivity index (χ0) is 28.5. The number of nitrogens with one attached hydrogen (secondary N) is 2. The highest BCUT2D eigenvalue weighted by molar-refractivity contribution is 6.48. The van der Waals surface area contributed by atoms with Crippen LogP contribution in [0.5, 0.6) is 0 Å². The number of allylic oxidation sites excluding steroid dienone is 1. The van der Waals surface area contributed by atoms with Crippen molar-refractivity contribution in [1.82, 2.24) is 10.6 Å². The summed E-state index contributed by atoms with van der Waals surface area (Å²) in [7, 11) is 0. The van der Waals surface area contributed by atoms with Crippen molar-refractivity contribution < 1.29 is 40.3 Å². The van der Waals surface area contributed by atoms with Crippen molar-refractivity contribution >= 4 is 52.7 Å². The third-order valence-corrected chi connectivity index (χ3v) is 6.91. The van der Waals surface area contributed by atoms with Crippen LogP contribution >= 0.6 is 34.8 Å². The molecular weight excluding hydrogens is 588 g/mol. The number of hydrogen-bond acceptors (Lipinski definition) is 2. The highest BCUT2D eigenvalue weighted by Crippen LogP contribution is 2.42. The van der Waals surface area contributed by atoms with E-state index in [9.17, 15) is 40.3 Å². The van der Waals surface area contributed by atoms with Gasteiger partial charge in [0.2, 0.25) is 5.91 Å². The highest BCUT2D eigenvalue weighted by atomic mass is 35.5. The standard InChI is InChI=1S/C24H18Cl3F7N2O2/c25-17-10-13(11-18(26)19(17)27)15(23(29,30)31)4-2-12-1-3-14(16(9-12)24(32,33)34)20(37)36-22(5-6-22)21(38)35-8-7-28/h1-4,9-11,15H,5-8H2,(H,35,38)(H,36,37)/b4-2+. The number of hydrogen-bond donors (Lipinski definition) is 2. The van der Waals surface area contributed by atoms with Gasteiger partial charge in [-0.2, -0.15) is 26.3 Å². The van der Waals surface area contributed by atoms with Gasteiger partial charge in [0.05, 0.1) is 32.1 Å². The van der Waals surface area contributed by atoms with E-state index in [1.54, 1.807) is 0 Å². The summed E-state index contributed by atoms with van der Waals surface area (Å²) in [5.74, 6) is -4.22. The van der Waals surface area contributed by atoms with Crippen molar-refractivity contribution in [2.45, 2.75) is 36.7 Å². The molecule has 2 aromatic rings. The van der Waals surface area contributed by atoms with Gasteiger partial charge in [0.25, 0.3) is 5.91 Å². The lowest BCUT2D eigenvalue weighted by Gasteiger charge is -2.20. The number of carbonyl (C=O) groups is 2. The molecule has 0 spiro atoms. The summed E-state index contributed by atoms with van der Waals surface area (Å²) in [6.07, 6.45) is -8.17. The molecule has 1 saturated carbocycles. The van der Waals surface area contributed by atoms with Crippen LogP contribution in [0.2, 0.25) is 15.1 Å². The SMILES string of the molecule is O=C(NC1(C(=O)NCCF)CC1)c1ccc(/C=C/C(c2cc(Cl)c(Cl)c(Cl)c2)C(F)(F)F)cc1C(F)(F)F. The fourth-order valence-electron chi connectivity index (χ4n) is 3.62. The normalized spacial score (nSPS) is 15.8. The molecule has 2 N–H and O–H groups in total. The fraction of sp³-hybridized carbons (Fsp3) is 0.333. The number of amides is 2. The van der Waals surface area contributed by atoms with E-state index in [0.29, 0.717) is 12.1 Å². The second-order valence-corrected chi connectivity index (χ2v) is 9.65. The minimum absolute atomic E-state index is 0.149. The first-order valence-electron chi connectivity index (χ1n) is 10.9. The van der Waals surface area contributed by atoms with Crippen LogP contribution in [0.4, 0.5) is 30.7 Å². The minimum atomic E-state index is -5.05. The molecule has 14 heteroatoms. The largest absolute Gasteiger partial charge is 0.417 e. The van der Waals surface area contributed by atoms with Crippen molar-refractivity contribution in [1.29, 1.82) is 0 Å². The molecule has 1 atom stereocenters. The van der Waals surface area contributed by atoms with Gasteiger partial charge in [-0.3, -0.25) is 9.59 Å². The van der Waals surface area contributed by atoms with Crippen molar-refractivity contribution in [3.05, 3.63) is 73.7 Å². The van der Waals surface area contributed by atoms with Gasteiger partial charge >= 0.3 is 12.4 Å². The van der Waals surface area contributed by atoms with E-state index in [1.165, 1.54) is 0 Å². The number of benzene rings is 2. The Morgan fingerprint density at radius 3 is 2.11 bits per heavy atom. The fourth-order valence-corrected chi connectivity index (χ4v) is 4.23. The predicted octanol–water partition coefficient (Wildman–Crippen LogP) is 7.37. The first kappa shape index (κ1) is 30.0. The van der Waals surface area contributed by atoms with Crippen molar-refractivity contribution in [3.8, 4) is 0 Å². The Kier molecular flexibility index (Phi) is 8.95. The molecule has 1 aliphatic carbocycles. The van der Waals surface area contributed by atoms with Crippen LogP contribution in [0.3, 0.4) is 0 Å². The van der Waals surface area contributed by atoms with Crippen LogP contribution in [0, 0.1) is 0 Å². The van der Waals surface area contributed by atoms with Crippen molar-refractivity contribution in [2.24, 2.45) is 0 Å². The van der Waals surface area contributed by atoms with E-state index in [2.05, 4.69) is 10.6 Å². The number of rotatable bonds is 8. The molecule has 0 aliphatic heterocycles. The van der Waals surface area contributed by atoms with E-state index in [0.717, 1.165) is 30.3 Å². The van der Waals surface area contributed by atoms with E-state index in [4.69, 9.17) is 34.8 Å². The van der Waals surface area contributed by atoms with Crippen molar-refractivity contribution in [3.63, 3.8) is 0 Å². The Morgan fingerprint density at radius 1 is 1.00 bits per heavy atom. The van der Waals surface area contributed by atoms with E-state index >= 15 is 0 Å². The maximum absolute atomic E-state index is 13.8. The average Bonchev–Trinajstić information content (AvgIpc) is 3.60. The van der Waals surface area contributed by atoms with Crippen molar-refractivity contribution in [2.75, 3.05) is 13.2 Å². The molecule has 1 unspecified atom stereocenters. The molecule has 1 aliphatic rings. The summed E-state index contributed by atoms with van der Waals surface area (Å²) in [6.45, 7) is -1.19. The summed E-state index contributed by atoms with van der Waals surface area (Å²) in [5.41, 5.74) is -4.37. The second kappa shape index (κ2) is 11.3. The first-order chi connectivity index (χ1) is 17.6. The maximum Gasteiger partial charge on any atom is 0.417 e. The summed E-state index contributed by atoms with van der Waals surface area (Å²) in [6, 6.07) is 4.24. The van der Waals surface area contributed by atoms with Crippen LogP contribution in [0.1, 0.15) is 45.8 Å². The van der Waals surface area contributed by atoms with Gasteiger partial charge < -0.3 is 10.6 Å². The van der Waals surface area contributed by atoms with Crippen LogP contribution in [0.25, 0.3) is 6.08 Å². The Hall–Kier alpha value is -2.50. The molecular formula is C24H18Cl3F7N2O2. The smallest absolute Gasteiger partial charge is 0.351 e. The molecule has 4 nitrogen and oxygen atoms in total. The molecule has 0 aromatic heterocycles. The molecule has 0 bridgehead atoms. The maximum atomic E-state index is 13.8. The third-order valence-electron chi connectivity index (χ3n) is 5.71. The van der Waals surface area contributed by atoms with Gasteiger partial charge in [-0.05, 0) is 48.2 Å². The quantitative estimate of drug-likeness (QED) is 0.244. The van der Waals surface area contributed by atoms with Gasteiger partial charge in [-0.25, -0.2) is 4.39 Å². The molecule has 38 heavy (non-hydrogen) atoms. The predicted molar refractivity (Wildman–Crippen MR) is 129 cm³/mol. The van der Waals surface area contributed by atoms with Crippen LogP contribution < -0.4 is 10.6 Å². The molecule has 2 aromatic carbocycles. The number of halogens is 10. The van der Waals surface area contributed by atoms with E-state index < -0.39 is 53.4 Å². The van der Waals surface area contributed by atoms with Gasteiger partial charge in [-0.15, -0.1) is 0 Å². The molecule has 0 saturated heterocycles. The second-order valence-electron chi connectivity index (χ2n) is 8.46. The first-order valence-corrected chi connectivity index (χ1v) is 12.0. The average molecular weight is 606 g/mol. The van der Waals surface area contributed by atoms with Gasteiger partial charge in [0, 0.05) is 6.54 Å². The summed E-state index contributed by atoms with van der Waals surface area (Å²) < 4.78 is 95.0. The number of carbonyl (C=O) groups excluding carboxylic acids is 2. The molecule has 0 radical (unpaired) electrons. The minimum Gasteiger partial charge on any atom is -0.351 e. The van der Waals surface area contributed by atoms with Gasteiger partial charge in [0.1, 0.15) is 12.2 Å². The Morgan fingerprint density at radius 2 is 1.61 bits per heavy atom. The lowest BCUT2D eigenvalue weighted by Crippen LogP contribution is -2.49. The van der Waals surface area contributed by atoms with Crippen LogP contribution in [0.15, 0.2) is 36.4 Å². The summed E-state index contributed by atoms with van der Waals surface area (Å²) >= 11 is 17.4. The highest BCUT2D eigenvalue weighted by Gasteiger charge is 2.51. The topological polar surface area (TPSA) is 58.2 Å². The van der Waals surface area contributed by atoms with E-state index in [1.807, 2.05) is 0 Å². The molecule has 2 amide bonds. The van der Waals surface area contributed by atoms with Crippen LogP contribution in [-0.2, 0) is 11.0 Å². The lowest BCUT2D eigenvalue weighted by molar-refractivity contribution is -0.139.